The number of nitrogens with one attached hydrogen (secondary N) is 1. The molecule has 2 rings (SSSR count). The summed E-state index contributed by atoms with van der Waals surface area (Å²) in [5.74, 6) is -0.0611. The number of ether oxygens (including phenoxy) is 1. The van der Waals surface area contributed by atoms with Crippen molar-refractivity contribution in [1.82, 2.24) is 14.3 Å². The van der Waals surface area contributed by atoms with E-state index in [4.69, 9.17) is 10.5 Å². The normalized spacial score (nSPS) is 19.5. The van der Waals surface area contributed by atoms with Gasteiger partial charge in [0.25, 0.3) is 10.0 Å². The number of aromatic nitrogens is 2. The SMILES string of the molecule is Cn1cnc(N)c1S(=O)(=O)NCC1(O)CCOCC1. The Morgan fingerprint density at radius 2 is 2.21 bits per heavy atom. The van der Waals surface area contributed by atoms with E-state index in [1.54, 1.807) is 7.05 Å². The summed E-state index contributed by atoms with van der Waals surface area (Å²) in [4.78, 5) is 3.73. The lowest BCUT2D eigenvalue weighted by atomic mass is 9.95. The van der Waals surface area contributed by atoms with Gasteiger partial charge in [-0.25, -0.2) is 18.1 Å². The first-order chi connectivity index (χ1) is 8.84. The molecule has 19 heavy (non-hydrogen) atoms. The predicted molar refractivity (Wildman–Crippen MR) is 67.8 cm³/mol. The third-order valence-corrected chi connectivity index (χ3v) is 4.71. The maximum atomic E-state index is 12.1. The number of hydrogen-bond acceptors (Lipinski definition) is 6. The second-order valence-electron chi connectivity index (χ2n) is 4.71. The van der Waals surface area contributed by atoms with Crippen molar-refractivity contribution in [2.24, 2.45) is 7.05 Å². The molecule has 1 aromatic rings. The van der Waals surface area contributed by atoms with Crippen molar-refractivity contribution < 1.29 is 18.3 Å². The lowest BCUT2D eigenvalue weighted by Crippen LogP contribution is -2.46. The number of sulfonamides is 1. The number of imidazole rings is 1. The molecule has 0 atom stereocenters. The fourth-order valence-corrected chi connectivity index (χ4v) is 3.34. The largest absolute Gasteiger partial charge is 0.388 e. The summed E-state index contributed by atoms with van der Waals surface area (Å²) in [5.41, 5.74) is 4.46. The number of rotatable bonds is 4. The Bertz CT molecular complexity index is 528. The van der Waals surface area contributed by atoms with E-state index in [0.29, 0.717) is 26.1 Å². The highest BCUT2D eigenvalue weighted by molar-refractivity contribution is 7.89. The fraction of sp³-hybridized carbons (Fsp3) is 0.700. The summed E-state index contributed by atoms with van der Waals surface area (Å²) < 4.78 is 33.1. The van der Waals surface area contributed by atoms with Crippen molar-refractivity contribution >= 4 is 15.8 Å². The van der Waals surface area contributed by atoms with Gasteiger partial charge in [0.15, 0.2) is 10.8 Å². The molecule has 0 spiro atoms. The average molecular weight is 290 g/mol. The number of hydrogen-bond donors (Lipinski definition) is 3. The molecule has 108 valence electrons. The smallest absolute Gasteiger partial charge is 0.260 e. The molecule has 0 saturated carbocycles. The third kappa shape index (κ3) is 3.06. The van der Waals surface area contributed by atoms with E-state index in [-0.39, 0.29) is 17.4 Å². The fourth-order valence-electron chi connectivity index (χ4n) is 1.99. The summed E-state index contributed by atoms with van der Waals surface area (Å²) >= 11 is 0. The second-order valence-corrected chi connectivity index (χ2v) is 6.39. The zero-order valence-corrected chi connectivity index (χ0v) is 11.5. The van der Waals surface area contributed by atoms with Crippen LogP contribution in [-0.4, -0.2) is 48.4 Å². The Balaban J connectivity index is 2.10. The minimum atomic E-state index is -3.79. The molecule has 4 N–H and O–H groups in total. The Kier molecular flexibility index (Phi) is 3.81. The predicted octanol–water partition coefficient (Wildman–Crippen LogP) is -1.18. The molecule has 1 aromatic heterocycles. The average Bonchev–Trinajstić information content (AvgIpc) is 2.68. The van der Waals surface area contributed by atoms with Crippen molar-refractivity contribution in [3.63, 3.8) is 0 Å². The van der Waals surface area contributed by atoms with Crippen LogP contribution in [0.4, 0.5) is 5.82 Å². The molecule has 0 bridgehead atoms. The highest BCUT2D eigenvalue weighted by Crippen LogP contribution is 2.21. The molecule has 1 aliphatic rings. The first-order valence-corrected chi connectivity index (χ1v) is 7.39. The summed E-state index contributed by atoms with van der Waals surface area (Å²) in [6.07, 6.45) is 2.12. The first-order valence-electron chi connectivity index (χ1n) is 5.91. The standard InChI is InChI=1S/C10H18N4O4S/c1-14-7-12-8(11)9(14)19(16,17)13-6-10(15)2-4-18-5-3-10/h7,13,15H,2-6,11H2,1H3. The minimum Gasteiger partial charge on any atom is -0.388 e. The van der Waals surface area contributed by atoms with Crippen LogP contribution < -0.4 is 10.5 Å². The van der Waals surface area contributed by atoms with E-state index in [0.717, 1.165) is 0 Å². The summed E-state index contributed by atoms with van der Waals surface area (Å²) in [5, 5.41) is 10.1. The molecule has 1 fully saturated rings. The number of aliphatic hydroxyl groups is 1. The highest BCUT2D eigenvalue weighted by atomic mass is 32.2. The van der Waals surface area contributed by atoms with Crippen LogP contribution in [0.5, 0.6) is 0 Å². The first kappa shape index (κ1) is 14.3. The Labute approximate surface area is 111 Å². The molecule has 2 heterocycles. The van der Waals surface area contributed by atoms with Gasteiger partial charge in [-0.05, 0) is 0 Å². The maximum Gasteiger partial charge on any atom is 0.260 e. The Morgan fingerprint density at radius 1 is 1.58 bits per heavy atom. The highest BCUT2D eigenvalue weighted by Gasteiger charge is 2.32. The van der Waals surface area contributed by atoms with Gasteiger partial charge in [0.1, 0.15) is 0 Å². The number of anilines is 1. The van der Waals surface area contributed by atoms with Crippen LogP contribution in [0.3, 0.4) is 0 Å². The molecule has 0 aromatic carbocycles. The van der Waals surface area contributed by atoms with Gasteiger partial charge in [-0.1, -0.05) is 0 Å². The number of aryl methyl sites for hydroxylation is 1. The number of nitrogen functional groups attached to an aromatic ring is 1. The van der Waals surface area contributed by atoms with Crippen molar-refractivity contribution in [3.8, 4) is 0 Å². The van der Waals surface area contributed by atoms with Crippen molar-refractivity contribution in [2.75, 3.05) is 25.5 Å². The van der Waals surface area contributed by atoms with Gasteiger partial charge in [-0.3, -0.25) is 0 Å². The van der Waals surface area contributed by atoms with Gasteiger partial charge in [-0.15, -0.1) is 0 Å². The van der Waals surface area contributed by atoms with Crippen LogP contribution in [-0.2, 0) is 21.8 Å². The van der Waals surface area contributed by atoms with Gasteiger partial charge >= 0.3 is 0 Å². The van der Waals surface area contributed by atoms with E-state index < -0.39 is 15.6 Å². The Morgan fingerprint density at radius 3 is 2.74 bits per heavy atom. The molecule has 8 nitrogen and oxygen atoms in total. The molecule has 1 saturated heterocycles. The van der Waals surface area contributed by atoms with Crippen LogP contribution in [0, 0.1) is 0 Å². The lowest BCUT2D eigenvalue weighted by Gasteiger charge is -2.31. The van der Waals surface area contributed by atoms with Crippen LogP contribution in [0.15, 0.2) is 11.4 Å². The number of nitrogens with zero attached hydrogens (tertiary/aromatic N) is 2. The van der Waals surface area contributed by atoms with Gasteiger partial charge in [0.05, 0.1) is 11.9 Å². The van der Waals surface area contributed by atoms with Crippen LogP contribution in [0.25, 0.3) is 0 Å². The van der Waals surface area contributed by atoms with Crippen LogP contribution in [0.1, 0.15) is 12.8 Å². The third-order valence-electron chi connectivity index (χ3n) is 3.18. The van der Waals surface area contributed by atoms with Crippen molar-refractivity contribution in [2.45, 2.75) is 23.5 Å². The molecule has 0 amide bonds. The van der Waals surface area contributed by atoms with E-state index in [9.17, 15) is 13.5 Å². The molecule has 9 heteroatoms. The van der Waals surface area contributed by atoms with E-state index in [1.165, 1.54) is 10.9 Å². The molecule has 1 aliphatic heterocycles. The second kappa shape index (κ2) is 5.08. The van der Waals surface area contributed by atoms with Gasteiger partial charge < -0.3 is 20.1 Å². The quantitative estimate of drug-likeness (QED) is 0.642. The van der Waals surface area contributed by atoms with Gasteiger partial charge in [0.2, 0.25) is 0 Å². The van der Waals surface area contributed by atoms with Crippen LogP contribution >= 0.6 is 0 Å². The summed E-state index contributed by atoms with van der Waals surface area (Å²) in [7, 11) is -2.25. The molecular weight excluding hydrogens is 272 g/mol. The Hall–Kier alpha value is -1.16. The van der Waals surface area contributed by atoms with Crippen LogP contribution in [0.2, 0.25) is 0 Å². The lowest BCUT2D eigenvalue weighted by molar-refractivity contribution is -0.0588. The number of nitrogens with two attached hydrogens (primary N) is 1. The minimum absolute atomic E-state index is 0.0611. The van der Waals surface area contributed by atoms with E-state index in [1.807, 2.05) is 0 Å². The van der Waals surface area contributed by atoms with Gasteiger partial charge in [-0.2, -0.15) is 0 Å². The zero-order chi connectivity index (χ0) is 14.1. The monoisotopic (exact) mass is 290 g/mol. The molecule has 0 unspecified atom stereocenters. The molecular formula is C10H18N4O4S. The van der Waals surface area contributed by atoms with E-state index in [2.05, 4.69) is 9.71 Å². The summed E-state index contributed by atoms with van der Waals surface area (Å²) in [6.45, 7) is 0.779. The molecule has 0 aliphatic carbocycles. The maximum absolute atomic E-state index is 12.1. The zero-order valence-electron chi connectivity index (χ0n) is 10.7. The van der Waals surface area contributed by atoms with E-state index >= 15 is 0 Å². The topological polar surface area (TPSA) is 119 Å². The van der Waals surface area contributed by atoms with Gasteiger partial charge in [0, 0.05) is 39.6 Å². The van der Waals surface area contributed by atoms with Crippen molar-refractivity contribution in [1.29, 1.82) is 0 Å². The molecule has 0 radical (unpaired) electrons. The van der Waals surface area contributed by atoms with Crippen molar-refractivity contribution in [3.05, 3.63) is 6.33 Å². The summed E-state index contributed by atoms with van der Waals surface area (Å²) in [6, 6.07) is 0.